The molecular formula is C27H19ClN2O3. The molecule has 0 aliphatic rings. The largest absolute Gasteiger partial charge is 0.483 e. The lowest BCUT2D eigenvalue weighted by molar-refractivity contribution is -0.118. The van der Waals surface area contributed by atoms with E-state index in [2.05, 4.69) is 10.3 Å². The van der Waals surface area contributed by atoms with Crippen molar-refractivity contribution in [3.63, 3.8) is 0 Å². The minimum absolute atomic E-state index is 0.138. The number of hydrogen-bond donors (Lipinski definition) is 1. The summed E-state index contributed by atoms with van der Waals surface area (Å²) in [5.74, 6) is 0.756. The molecule has 162 valence electrons. The number of anilines is 1. The predicted molar refractivity (Wildman–Crippen MR) is 130 cm³/mol. The van der Waals surface area contributed by atoms with E-state index in [1.165, 1.54) is 0 Å². The first-order valence-electron chi connectivity index (χ1n) is 10.4. The minimum Gasteiger partial charge on any atom is -0.483 e. The van der Waals surface area contributed by atoms with Gasteiger partial charge in [0.2, 0.25) is 5.89 Å². The maximum atomic E-state index is 12.7. The molecule has 0 aliphatic carbocycles. The number of fused-ring (bicyclic) bond motifs is 1. The quantitative estimate of drug-likeness (QED) is 0.305. The Balaban J connectivity index is 1.34. The number of nitrogens with zero attached hydrogens (tertiary/aromatic N) is 1. The van der Waals surface area contributed by atoms with Crippen LogP contribution in [0.3, 0.4) is 0 Å². The third-order valence-electron chi connectivity index (χ3n) is 5.11. The second-order valence-corrected chi connectivity index (χ2v) is 7.81. The average molecular weight is 455 g/mol. The second kappa shape index (κ2) is 9.18. The number of hydrogen-bond acceptors (Lipinski definition) is 4. The van der Waals surface area contributed by atoms with Gasteiger partial charge in [-0.3, -0.25) is 4.79 Å². The van der Waals surface area contributed by atoms with Crippen LogP contribution in [0.15, 0.2) is 101 Å². The van der Waals surface area contributed by atoms with Gasteiger partial charge in [0.05, 0.1) is 11.3 Å². The summed E-state index contributed by atoms with van der Waals surface area (Å²) in [6.07, 6.45) is 0. The van der Waals surface area contributed by atoms with Crippen LogP contribution in [0.2, 0.25) is 5.02 Å². The van der Waals surface area contributed by atoms with Gasteiger partial charge in [-0.05, 0) is 42.0 Å². The Labute approximate surface area is 195 Å². The van der Waals surface area contributed by atoms with E-state index in [1.54, 1.807) is 24.3 Å². The summed E-state index contributed by atoms with van der Waals surface area (Å²) >= 11 is 6.06. The van der Waals surface area contributed by atoms with Gasteiger partial charge >= 0.3 is 0 Å². The molecule has 6 heteroatoms. The Hall–Kier alpha value is -4.09. The van der Waals surface area contributed by atoms with E-state index < -0.39 is 0 Å². The lowest BCUT2D eigenvalue weighted by Crippen LogP contribution is -2.20. The van der Waals surface area contributed by atoms with Crippen molar-refractivity contribution in [1.82, 2.24) is 4.98 Å². The van der Waals surface area contributed by atoms with Crippen LogP contribution in [0, 0.1) is 0 Å². The monoisotopic (exact) mass is 454 g/mol. The van der Waals surface area contributed by atoms with Crippen LogP contribution in [0.4, 0.5) is 5.69 Å². The van der Waals surface area contributed by atoms with Gasteiger partial charge < -0.3 is 14.5 Å². The van der Waals surface area contributed by atoms with Crippen LogP contribution < -0.4 is 10.1 Å². The SMILES string of the molecule is O=C(COc1ccccc1-c1ccccc1)Nc1ccccc1-c1nc2cc(Cl)ccc2o1. The van der Waals surface area contributed by atoms with E-state index >= 15 is 0 Å². The first-order chi connectivity index (χ1) is 16.2. The first kappa shape index (κ1) is 20.8. The number of nitrogens with one attached hydrogen (secondary N) is 1. The van der Waals surface area contributed by atoms with Crippen molar-refractivity contribution >= 4 is 34.3 Å². The molecule has 4 aromatic carbocycles. The Morgan fingerprint density at radius 3 is 2.45 bits per heavy atom. The van der Waals surface area contributed by atoms with Crippen molar-refractivity contribution in [2.24, 2.45) is 0 Å². The summed E-state index contributed by atoms with van der Waals surface area (Å²) in [4.78, 5) is 17.2. The molecule has 1 amide bonds. The van der Waals surface area contributed by atoms with Gasteiger partial charge in [-0.25, -0.2) is 4.98 Å². The fraction of sp³-hybridized carbons (Fsp3) is 0.0370. The molecule has 5 rings (SSSR count). The fourth-order valence-electron chi connectivity index (χ4n) is 3.57. The minimum atomic E-state index is -0.288. The number of aromatic nitrogens is 1. The summed E-state index contributed by atoms with van der Waals surface area (Å²) in [6, 6.07) is 30.2. The number of ether oxygens (including phenoxy) is 1. The number of carbonyl (C=O) groups excluding carboxylic acids is 1. The molecule has 0 saturated carbocycles. The molecule has 0 saturated heterocycles. The maximum Gasteiger partial charge on any atom is 0.262 e. The smallest absolute Gasteiger partial charge is 0.262 e. The lowest BCUT2D eigenvalue weighted by Gasteiger charge is -2.13. The number of halogens is 1. The predicted octanol–water partition coefficient (Wildman–Crippen LogP) is 6.83. The molecule has 0 radical (unpaired) electrons. The summed E-state index contributed by atoms with van der Waals surface area (Å²) in [7, 11) is 0. The molecule has 33 heavy (non-hydrogen) atoms. The van der Waals surface area contributed by atoms with Gasteiger partial charge in [0, 0.05) is 10.6 Å². The highest BCUT2D eigenvalue weighted by molar-refractivity contribution is 6.31. The van der Waals surface area contributed by atoms with E-state index in [-0.39, 0.29) is 12.5 Å². The third kappa shape index (κ3) is 4.59. The van der Waals surface area contributed by atoms with E-state index in [0.29, 0.717) is 39.0 Å². The Bertz CT molecular complexity index is 1430. The van der Waals surface area contributed by atoms with Crippen molar-refractivity contribution in [3.8, 4) is 28.3 Å². The number of amides is 1. The van der Waals surface area contributed by atoms with E-state index in [9.17, 15) is 4.79 Å². The summed E-state index contributed by atoms with van der Waals surface area (Å²) in [6.45, 7) is -0.138. The van der Waals surface area contributed by atoms with Crippen molar-refractivity contribution in [3.05, 3.63) is 102 Å². The highest BCUT2D eigenvalue weighted by atomic mass is 35.5. The molecule has 5 aromatic rings. The molecule has 0 atom stereocenters. The number of benzene rings is 4. The van der Waals surface area contributed by atoms with Crippen LogP contribution in [0.25, 0.3) is 33.7 Å². The average Bonchev–Trinajstić information content (AvgIpc) is 3.27. The zero-order valence-corrected chi connectivity index (χ0v) is 18.3. The molecule has 1 N–H and O–H groups in total. The van der Waals surface area contributed by atoms with E-state index in [1.807, 2.05) is 72.8 Å². The Morgan fingerprint density at radius 1 is 0.879 bits per heavy atom. The third-order valence-corrected chi connectivity index (χ3v) is 5.35. The highest BCUT2D eigenvalue weighted by Crippen LogP contribution is 2.32. The molecule has 0 aliphatic heterocycles. The van der Waals surface area contributed by atoms with Gasteiger partial charge in [-0.15, -0.1) is 0 Å². The Morgan fingerprint density at radius 2 is 1.61 bits per heavy atom. The van der Waals surface area contributed by atoms with Crippen LogP contribution in [-0.2, 0) is 4.79 Å². The van der Waals surface area contributed by atoms with Gasteiger partial charge in [-0.2, -0.15) is 0 Å². The van der Waals surface area contributed by atoms with Crippen LogP contribution in [-0.4, -0.2) is 17.5 Å². The van der Waals surface area contributed by atoms with E-state index in [4.69, 9.17) is 20.8 Å². The summed E-state index contributed by atoms with van der Waals surface area (Å²) in [5.41, 5.74) is 4.48. The number of oxazole rings is 1. The van der Waals surface area contributed by atoms with Gasteiger partial charge in [0.15, 0.2) is 12.2 Å². The van der Waals surface area contributed by atoms with Crippen LogP contribution in [0.1, 0.15) is 0 Å². The normalized spacial score (nSPS) is 10.8. The van der Waals surface area contributed by atoms with Crippen molar-refractivity contribution in [2.75, 3.05) is 11.9 Å². The Kier molecular flexibility index (Phi) is 5.79. The van der Waals surface area contributed by atoms with Crippen molar-refractivity contribution < 1.29 is 13.9 Å². The lowest BCUT2D eigenvalue weighted by atomic mass is 10.1. The van der Waals surface area contributed by atoms with Crippen LogP contribution in [0.5, 0.6) is 5.75 Å². The fourth-order valence-corrected chi connectivity index (χ4v) is 3.74. The number of carbonyl (C=O) groups is 1. The van der Waals surface area contributed by atoms with Gasteiger partial charge in [-0.1, -0.05) is 72.3 Å². The van der Waals surface area contributed by atoms with Crippen LogP contribution >= 0.6 is 11.6 Å². The van der Waals surface area contributed by atoms with Gasteiger partial charge in [0.1, 0.15) is 11.3 Å². The number of para-hydroxylation sites is 2. The second-order valence-electron chi connectivity index (χ2n) is 7.38. The molecule has 1 heterocycles. The molecule has 1 aromatic heterocycles. The van der Waals surface area contributed by atoms with Gasteiger partial charge in [0.25, 0.3) is 5.91 Å². The maximum absolute atomic E-state index is 12.7. The highest BCUT2D eigenvalue weighted by Gasteiger charge is 2.15. The molecular weight excluding hydrogens is 436 g/mol. The topological polar surface area (TPSA) is 64.4 Å². The molecule has 0 unspecified atom stereocenters. The van der Waals surface area contributed by atoms with E-state index in [0.717, 1.165) is 11.1 Å². The molecule has 0 fully saturated rings. The molecule has 5 nitrogen and oxygen atoms in total. The summed E-state index contributed by atoms with van der Waals surface area (Å²) in [5, 5.41) is 3.48. The standard InChI is InChI=1S/C27H19ClN2O3/c28-19-14-15-25-23(16-19)30-27(33-25)21-11-4-6-12-22(21)29-26(31)17-32-24-13-7-5-10-20(24)18-8-2-1-3-9-18/h1-16H,17H2,(H,29,31). The van der Waals surface area contributed by atoms with Crippen molar-refractivity contribution in [2.45, 2.75) is 0 Å². The summed E-state index contributed by atoms with van der Waals surface area (Å²) < 4.78 is 11.7. The molecule has 0 bridgehead atoms. The zero-order valence-electron chi connectivity index (χ0n) is 17.5. The molecule has 0 spiro atoms. The van der Waals surface area contributed by atoms with Crippen molar-refractivity contribution in [1.29, 1.82) is 0 Å². The first-order valence-corrected chi connectivity index (χ1v) is 10.8. The number of rotatable bonds is 6. The zero-order chi connectivity index (χ0) is 22.6.